The molecule has 2 fully saturated rings. The van der Waals surface area contributed by atoms with Gasteiger partial charge in [0.2, 0.25) is 0 Å². The molecule has 5 nitrogen and oxygen atoms in total. The van der Waals surface area contributed by atoms with Crippen LogP contribution in [0, 0.1) is 5.92 Å². The Balaban J connectivity index is 1.75. The van der Waals surface area contributed by atoms with Gasteiger partial charge in [0.1, 0.15) is 17.5 Å². The van der Waals surface area contributed by atoms with Crippen LogP contribution in [0.3, 0.4) is 0 Å². The predicted molar refractivity (Wildman–Crippen MR) is 84.8 cm³/mol. The number of hydrogen-bond donors (Lipinski definition) is 2. The molecule has 0 spiro atoms. The molecule has 1 aromatic rings. The van der Waals surface area contributed by atoms with Gasteiger partial charge in [-0.25, -0.2) is 9.97 Å². The van der Waals surface area contributed by atoms with Crippen molar-refractivity contribution in [3.05, 3.63) is 11.9 Å². The maximum absolute atomic E-state index is 9.10. The van der Waals surface area contributed by atoms with E-state index in [0.29, 0.717) is 18.4 Å². The maximum Gasteiger partial charge on any atom is 0.136 e. The van der Waals surface area contributed by atoms with E-state index in [0.717, 1.165) is 56.4 Å². The van der Waals surface area contributed by atoms with Crippen LogP contribution in [0.2, 0.25) is 0 Å². The van der Waals surface area contributed by atoms with Crippen LogP contribution in [0.4, 0.5) is 11.6 Å². The molecule has 2 N–H and O–H groups in total. The number of aliphatic hydroxyl groups excluding tert-OH is 1. The molecule has 1 aliphatic heterocycles. The molecule has 1 unspecified atom stereocenters. The second-order valence-electron chi connectivity index (χ2n) is 6.28. The highest BCUT2D eigenvalue weighted by molar-refractivity contribution is 5.50. The van der Waals surface area contributed by atoms with E-state index in [9.17, 15) is 0 Å². The number of nitrogens with one attached hydrogen (secondary N) is 1. The first-order chi connectivity index (χ1) is 10.3. The van der Waals surface area contributed by atoms with Crippen LogP contribution in [0.5, 0.6) is 0 Å². The Kier molecular flexibility index (Phi) is 4.58. The van der Waals surface area contributed by atoms with Gasteiger partial charge in [0.05, 0.1) is 0 Å². The van der Waals surface area contributed by atoms with Gasteiger partial charge in [-0.15, -0.1) is 0 Å². The molecule has 0 aromatic carbocycles. The lowest BCUT2D eigenvalue weighted by atomic mass is 10.1. The summed E-state index contributed by atoms with van der Waals surface area (Å²) in [5.74, 6) is 4.21. The van der Waals surface area contributed by atoms with Gasteiger partial charge >= 0.3 is 0 Å². The first kappa shape index (κ1) is 14.6. The summed E-state index contributed by atoms with van der Waals surface area (Å²) in [6.45, 7) is 5.46. The summed E-state index contributed by atoms with van der Waals surface area (Å²) >= 11 is 0. The zero-order chi connectivity index (χ0) is 14.7. The molecule has 2 aliphatic rings. The van der Waals surface area contributed by atoms with Crippen molar-refractivity contribution in [2.75, 3.05) is 36.5 Å². The van der Waals surface area contributed by atoms with Crippen molar-refractivity contribution in [3.63, 3.8) is 0 Å². The van der Waals surface area contributed by atoms with Crippen molar-refractivity contribution in [2.24, 2.45) is 5.92 Å². The Morgan fingerprint density at radius 3 is 2.90 bits per heavy atom. The van der Waals surface area contributed by atoms with E-state index >= 15 is 0 Å². The van der Waals surface area contributed by atoms with Crippen LogP contribution >= 0.6 is 0 Å². The highest BCUT2D eigenvalue weighted by Crippen LogP contribution is 2.39. The van der Waals surface area contributed by atoms with Crippen LogP contribution in [-0.4, -0.2) is 41.3 Å². The predicted octanol–water partition coefficient (Wildman–Crippen LogP) is 2.38. The van der Waals surface area contributed by atoms with E-state index in [1.54, 1.807) is 0 Å². The Morgan fingerprint density at radius 1 is 1.33 bits per heavy atom. The quantitative estimate of drug-likeness (QED) is 0.807. The van der Waals surface area contributed by atoms with Crippen LogP contribution in [0.15, 0.2) is 6.07 Å². The van der Waals surface area contributed by atoms with E-state index in [1.165, 1.54) is 12.8 Å². The second-order valence-corrected chi connectivity index (χ2v) is 6.28. The zero-order valence-electron chi connectivity index (χ0n) is 12.9. The second kappa shape index (κ2) is 6.60. The minimum Gasteiger partial charge on any atom is -0.396 e. The fraction of sp³-hybridized carbons (Fsp3) is 0.750. The van der Waals surface area contributed by atoms with Gasteiger partial charge in [0.15, 0.2) is 0 Å². The van der Waals surface area contributed by atoms with Crippen molar-refractivity contribution in [3.8, 4) is 0 Å². The lowest BCUT2D eigenvalue weighted by molar-refractivity contribution is 0.263. The molecular formula is C16H26N4O. The number of aromatic nitrogens is 2. The van der Waals surface area contributed by atoms with Crippen molar-refractivity contribution in [1.29, 1.82) is 0 Å². The van der Waals surface area contributed by atoms with Crippen molar-refractivity contribution in [2.45, 2.75) is 44.9 Å². The van der Waals surface area contributed by atoms with Crippen LogP contribution in [0.1, 0.15) is 50.8 Å². The average Bonchev–Trinajstić information content (AvgIpc) is 3.25. The molecular weight excluding hydrogens is 264 g/mol. The molecule has 2 heterocycles. The third-order valence-corrected chi connectivity index (χ3v) is 4.38. The number of hydrogen-bond acceptors (Lipinski definition) is 5. The van der Waals surface area contributed by atoms with E-state index in [2.05, 4.69) is 28.2 Å². The van der Waals surface area contributed by atoms with Crippen molar-refractivity contribution in [1.82, 2.24) is 9.97 Å². The number of rotatable bonds is 7. The van der Waals surface area contributed by atoms with E-state index in [-0.39, 0.29) is 0 Å². The molecule has 0 amide bonds. The fourth-order valence-electron chi connectivity index (χ4n) is 2.94. The van der Waals surface area contributed by atoms with Crippen LogP contribution < -0.4 is 10.2 Å². The molecule has 0 radical (unpaired) electrons. The topological polar surface area (TPSA) is 61.3 Å². The highest BCUT2D eigenvalue weighted by atomic mass is 16.3. The summed E-state index contributed by atoms with van der Waals surface area (Å²) in [5, 5.41) is 12.5. The van der Waals surface area contributed by atoms with Crippen molar-refractivity contribution >= 4 is 11.6 Å². The lowest BCUT2D eigenvalue weighted by Crippen LogP contribution is -2.22. The summed E-state index contributed by atoms with van der Waals surface area (Å²) < 4.78 is 0. The minimum atomic E-state index is 0.291. The third kappa shape index (κ3) is 3.64. The minimum absolute atomic E-state index is 0.291. The molecule has 1 saturated heterocycles. The number of nitrogens with zero attached hydrogens (tertiary/aromatic N) is 3. The van der Waals surface area contributed by atoms with Crippen molar-refractivity contribution < 1.29 is 5.11 Å². The molecule has 1 saturated carbocycles. The van der Waals surface area contributed by atoms with Gasteiger partial charge < -0.3 is 15.3 Å². The number of aliphatic hydroxyl groups is 1. The first-order valence-electron chi connectivity index (χ1n) is 8.28. The van der Waals surface area contributed by atoms with E-state index < -0.39 is 0 Å². The molecule has 1 atom stereocenters. The lowest BCUT2D eigenvalue weighted by Gasteiger charge is -2.19. The zero-order valence-corrected chi connectivity index (χ0v) is 12.9. The van der Waals surface area contributed by atoms with Gasteiger partial charge in [-0.05, 0) is 38.0 Å². The molecule has 3 rings (SSSR count). The first-order valence-corrected chi connectivity index (χ1v) is 8.28. The molecule has 21 heavy (non-hydrogen) atoms. The smallest absolute Gasteiger partial charge is 0.136 e. The SMILES string of the molecule is CCCNc1cc(N2CCC(CCO)C2)nc(C2CC2)n1. The van der Waals surface area contributed by atoms with Gasteiger partial charge in [0, 0.05) is 38.2 Å². The van der Waals surface area contributed by atoms with Gasteiger partial charge in [-0.1, -0.05) is 6.92 Å². The van der Waals surface area contributed by atoms with E-state index in [1.807, 2.05) is 0 Å². The summed E-state index contributed by atoms with van der Waals surface area (Å²) in [6, 6.07) is 2.09. The average molecular weight is 290 g/mol. The Morgan fingerprint density at radius 2 is 2.19 bits per heavy atom. The molecule has 5 heteroatoms. The fourth-order valence-corrected chi connectivity index (χ4v) is 2.94. The largest absolute Gasteiger partial charge is 0.396 e. The Labute approximate surface area is 126 Å². The van der Waals surface area contributed by atoms with Gasteiger partial charge in [-0.2, -0.15) is 0 Å². The van der Waals surface area contributed by atoms with Crippen LogP contribution in [-0.2, 0) is 0 Å². The van der Waals surface area contributed by atoms with Crippen LogP contribution in [0.25, 0.3) is 0 Å². The maximum atomic E-state index is 9.10. The summed E-state index contributed by atoms with van der Waals surface area (Å²) in [7, 11) is 0. The summed E-state index contributed by atoms with van der Waals surface area (Å²) in [4.78, 5) is 11.8. The summed E-state index contributed by atoms with van der Waals surface area (Å²) in [6.07, 6.45) is 5.60. The normalized spacial score (nSPS) is 21.8. The van der Waals surface area contributed by atoms with Gasteiger partial charge in [-0.3, -0.25) is 0 Å². The molecule has 0 bridgehead atoms. The number of anilines is 2. The Bertz CT molecular complexity index is 475. The third-order valence-electron chi connectivity index (χ3n) is 4.38. The highest BCUT2D eigenvalue weighted by Gasteiger charge is 2.29. The van der Waals surface area contributed by atoms with E-state index in [4.69, 9.17) is 10.1 Å². The Hall–Kier alpha value is -1.36. The molecule has 1 aromatic heterocycles. The summed E-state index contributed by atoms with van der Waals surface area (Å²) in [5.41, 5.74) is 0. The molecule has 116 valence electrons. The van der Waals surface area contributed by atoms with Gasteiger partial charge in [0.25, 0.3) is 0 Å². The molecule has 1 aliphatic carbocycles. The monoisotopic (exact) mass is 290 g/mol. The standard InChI is InChI=1S/C16H26N4O/c1-2-7-17-14-10-15(19-16(18-14)13-3-4-13)20-8-5-12(11-20)6-9-21/h10,12-13,21H,2-9,11H2,1H3,(H,17,18,19).